The van der Waals surface area contributed by atoms with Gasteiger partial charge in [-0.1, -0.05) is 11.6 Å². The van der Waals surface area contributed by atoms with Crippen LogP contribution in [0.25, 0.3) is 0 Å². The minimum atomic E-state index is -3.14. The van der Waals surface area contributed by atoms with Crippen molar-refractivity contribution in [3.63, 3.8) is 0 Å². The summed E-state index contributed by atoms with van der Waals surface area (Å²) in [5.41, 5.74) is 0.717. The summed E-state index contributed by atoms with van der Waals surface area (Å²) in [6.45, 7) is 4.25. The molecule has 0 aliphatic carbocycles. The van der Waals surface area contributed by atoms with Crippen molar-refractivity contribution in [3.8, 4) is 0 Å². The number of hydrogen-bond acceptors (Lipinski definition) is 4. The summed E-state index contributed by atoms with van der Waals surface area (Å²) >= 11 is 6.07. The average Bonchev–Trinajstić information content (AvgIpc) is 2.60. The molecule has 1 N–H and O–H groups in total. The molecule has 1 rings (SSSR count). The number of hydrogen-bond donors (Lipinski definition) is 1. The van der Waals surface area contributed by atoms with Gasteiger partial charge in [0.2, 0.25) is 0 Å². The Morgan fingerprint density at radius 1 is 1.59 bits per heavy atom. The molecule has 7 heteroatoms. The van der Waals surface area contributed by atoms with Gasteiger partial charge in [0.1, 0.15) is 0 Å². The zero-order valence-corrected chi connectivity index (χ0v) is 12.0. The van der Waals surface area contributed by atoms with E-state index in [0.29, 0.717) is 11.6 Å². The molecule has 1 aromatic heterocycles. The first-order chi connectivity index (χ1) is 7.82. The molecule has 0 saturated carbocycles. The fourth-order valence-corrected chi connectivity index (χ4v) is 2.79. The van der Waals surface area contributed by atoms with Crippen molar-refractivity contribution < 1.29 is 8.42 Å². The second-order valence-electron chi connectivity index (χ2n) is 3.99. The van der Waals surface area contributed by atoms with Crippen LogP contribution < -0.4 is 5.32 Å². The molecule has 0 bridgehead atoms. The first-order valence-electron chi connectivity index (χ1n) is 5.40. The van der Waals surface area contributed by atoms with Gasteiger partial charge < -0.3 is 5.32 Å². The summed E-state index contributed by atoms with van der Waals surface area (Å²) in [5.74, 6) is 0. The van der Waals surface area contributed by atoms with E-state index in [1.165, 1.54) is 6.26 Å². The fourth-order valence-electron chi connectivity index (χ4n) is 1.77. The van der Waals surface area contributed by atoms with Crippen molar-refractivity contribution in [2.45, 2.75) is 31.7 Å². The lowest BCUT2D eigenvalue weighted by Crippen LogP contribution is -2.34. The minimum Gasteiger partial charge on any atom is -0.311 e. The second-order valence-corrected chi connectivity index (χ2v) is 6.80. The van der Waals surface area contributed by atoms with Crippen LogP contribution >= 0.6 is 11.6 Å². The number of rotatable bonds is 5. The van der Waals surface area contributed by atoms with Gasteiger partial charge in [-0.15, -0.1) is 0 Å². The van der Waals surface area contributed by atoms with Crippen LogP contribution in [0.1, 0.15) is 25.6 Å². The minimum absolute atomic E-state index is 0.361. The van der Waals surface area contributed by atoms with Gasteiger partial charge >= 0.3 is 0 Å². The molecular formula is C10H18ClN3O2S. The molecule has 0 aliphatic rings. The Morgan fingerprint density at radius 2 is 2.18 bits per heavy atom. The lowest BCUT2D eigenvalue weighted by atomic mass is 10.1. The predicted molar refractivity (Wildman–Crippen MR) is 69.0 cm³/mol. The van der Waals surface area contributed by atoms with E-state index < -0.39 is 15.1 Å². The molecule has 0 radical (unpaired) electrons. The lowest BCUT2D eigenvalue weighted by Gasteiger charge is -2.23. The summed E-state index contributed by atoms with van der Waals surface area (Å²) in [7, 11) is -1.43. The molecule has 0 fully saturated rings. The summed E-state index contributed by atoms with van der Waals surface area (Å²) in [5, 5.41) is 7.04. The highest BCUT2D eigenvalue weighted by Gasteiger charge is 2.30. The van der Waals surface area contributed by atoms with Crippen molar-refractivity contribution >= 4 is 21.4 Å². The Balaban J connectivity index is 3.22. The maximum absolute atomic E-state index is 11.6. The summed E-state index contributed by atoms with van der Waals surface area (Å²) < 4.78 is 25.0. The topological polar surface area (TPSA) is 64.0 Å². The Morgan fingerprint density at radius 3 is 2.59 bits per heavy atom. The first kappa shape index (κ1) is 14.5. The van der Waals surface area contributed by atoms with Crippen LogP contribution in [0, 0.1) is 0 Å². The van der Waals surface area contributed by atoms with Crippen LogP contribution in [0.3, 0.4) is 0 Å². The number of nitrogens with zero attached hydrogens (tertiary/aromatic N) is 2. The van der Waals surface area contributed by atoms with Crippen molar-refractivity contribution in [2.75, 3.05) is 13.3 Å². The molecule has 0 aromatic carbocycles. The standard InChI is InChI=1S/C10H18ClN3O2S/c1-5-14-10(8(11)6-13-14)9(12-3)7(2)17(4,15)16/h6-7,9,12H,5H2,1-4H3. The molecule has 17 heavy (non-hydrogen) atoms. The molecule has 2 atom stereocenters. The fraction of sp³-hybridized carbons (Fsp3) is 0.700. The van der Waals surface area contributed by atoms with E-state index in [1.807, 2.05) is 6.92 Å². The van der Waals surface area contributed by atoms with E-state index >= 15 is 0 Å². The molecule has 5 nitrogen and oxygen atoms in total. The third kappa shape index (κ3) is 3.00. The van der Waals surface area contributed by atoms with Crippen LogP contribution in [0.5, 0.6) is 0 Å². The SMILES string of the molecule is CCn1ncc(Cl)c1C(NC)C(C)S(C)(=O)=O. The molecule has 0 spiro atoms. The number of nitrogens with one attached hydrogen (secondary N) is 1. The van der Waals surface area contributed by atoms with E-state index in [-0.39, 0.29) is 6.04 Å². The Kier molecular flexibility index (Phi) is 4.57. The maximum Gasteiger partial charge on any atom is 0.151 e. The molecule has 0 saturated heterocycles. The summed E-state index contributed by atoms with van der Waals surface area (Å²) in [4.78, 5) is 0. The first-order valence-corrected chi connectivity index (χ1v) is 7.73. The van der Waals surface area contributed by atoms with Gasteiger partial charge in [0.25, 0.3) is 0 Å². The third-order valence-electron chi connectivity index (χ3n) is 2.88. The van der Waals surface area contributed by atoms with E-state index in [4.69, 9.17) is 11.6 Å². The Labute approximate surface area is 107 Å². The van der Waals surface area contributed by atoms with E-state index in [0.717, 1.165) is 5.69 Å². The third-order valence-corrected chi connectivity index (χ3v) is 4.80. The summed E-state index contributed by atoms with van der Waals surface area (Å²) in [6, 6.07) is -0.361. The van der Waals surface area contributed by atoms with Crippen molar-refractivity contribution in [3.05, 3.63) is 16.9 Å². The predicted octanol–water partition coefficient (Wildman–Crippen LogP) is 1.25. The molecule has 2 unspecified atom stereocenters. The van der Waals surface area contributed by atoms with Crippen molar-refractivity contribution in [1.29, 1.82) is 0 Å². The zero-order chi connectivity index (χ0) is 13.2. The van der Waals surface area contributed by atoms with Gasteiger partial charge in [-0.05, 0) is 20.9 Å². The molecule has 98 valence electrons. The van der Waals surface area contributed by atoms with Gasteiger partial charge in [-0.3, -0.25) is 4.68 Å². The normalized spacial score (nSPS) is 15.8. The molecule has 0 aliphatic heterocycles. The summed E-state index contributed by atoms with van der Waals surface area (Å²) in [6.07, 6.45) is 2.77. The highest BCUT2D eigenvalue weighted by molar-refractivity contribution is 7.91. The smallest absolute Gasteiger partial charge is 0.151 e. The quantitative estimate of drug-likeness (QED) is 0.881. The van der Waals surface area contributed by atoms with Gasteiger partial charge in [0, 0.05) is 12.8 Å². The van der Waals surface area contributed by atoms with E-state index in [1.54, 1.807) is 24.9 Å². The van der Waals surface area contributed by atoms with Gasteiger partial charge in [-0.2, -0.15) is 5.10 Å². The van der Waals surface area contributed by atoms with Gasteiger partial charge in [-0.25, -0.2) is 8.42 Å². The molecule has 1 aromatic rings. The van der Waals surface area contributed by atoms with E-state index in [2.05, 4.69) is 10.4 Å². The number of halogens is 1. The van der Waals surface area contributed by atoms with Crippen molar-refractivity contribution in [1.82, 2.24) is 15.1 Å². The molecular weight excluding hydrogens is 262 g/mol. The van der Waals surface area contributed by atoms with Crippen LogP contribution in [-0.4, -0.2) is 36.8 Å². The Bertz CT molecular complexity index is 484. The Hall–Kier alpha value is -0.590. The van der Waals surface area contributed by atoms with E-state index in [9.17, 15) is 8.42 Å². The number of sulfone groups is 1. The van der Waals surface area contributed by atoms with Gasteiger partial charge in [0.15, 0.2) is 9.84 Å². The number of aryl methyl sites for hydroxylation is 1. The highest BCUT2D eigenvalue weighted by atomic mass is 35.5. The van der Waals surface area contributed by atoms with Crippen LogP contribution in [0.4, 0.5) is 0 Å². The second kappa shape index (κ2) is 5.37. The molecule has 0 amide bonds. The van der Waals surface area contributed by atoms with Gasteiger partial charge in [0.05, 0.1) is 28.2 Å². The molecule has 1 heterocycles. The average molecular weight is 280 g/mol. The van der Waals surface area contributed by atoms with Crippen molar-refractivity contribution in [2.24, 2.45) is 0 Å². The van der Waals surface area contributed by atoms with Crippen LogP contribution in [0.2, 0.25) is 5.02 Å². The maximum atomic E-state index is 11.6. The van der Waals surface area contributed by atoms with Crippen LogP contribution in [0.15, 0.2) is 6.20 Å². The highest BCUT2D eigenvalue weighted by Crippen LogP contribution is 2.27. The zero-order valence-electron chi connectivity index (χ0n) is 10.4. The number of aromatic nitrogens is 2. The monoisotopic (exact) mass is 279 g/mol. The lowest BCUT2D eigenvalue weighted by molar-refractivity contribution is 0.491. The largest absolute Gasteiger partial charge is 0.311 e. The van der Waals surface area contributed by atoms with Crippen LogP contribution in [-0.2, 0) is 16.4 Å².